The van der Waals surface area contributed by atoms with Gasteiger partial charge in [-0.3, -0.25) is 19.3 Å². The summed E-state index contributed by atoms with van der Waals surface area (Å²) in [6, 6.07) is 21.6. The highest BCUT2D eigenvalue weighted by atomic mass is 32.2. The van der Waals surface area contributed by atoms with E-state index in [1.54, 1.807) is 65.6 Å². The average molecular weight is 592 g/mol. The fraction of sp³-hybridized carbons (Fsp3) is 0.323. The molecule has 10 nitrogen and oxygen atoms in total. The lowest BCUT2D eigenvalue weighted by Crippen LogP contribution is -2.51. The Kier molecular flexibility index (Phi) is 10.5. The van der Waals surface area contributed by atoms with Gasteiger partial charge in [0.05, 0.1) is 17.1 Å². The molecule has 0 bridgehead atoms. The summed E-state index contributed by atoms with van der Waals surface area (Å²) >= 11 is 0. The lowest BCUT2D eigenvalue weighted by molar-refractivity contribution is -0.131. The van der Waals surface area contributed by atoms with Gasteiger partial charge < -0.3 is 15.1 Å². The Morgan fingerprint density at radius 3 is 1.98 bits per heavy atom. The molecule has 0 aliphatic carbocycles. The number of hydrogen-bond acceptors (Lipinski definition) is 7. The van der Waals surface area contributed by atoms with Gasteiger partial charge in [0.25, 0.3) is 21.8 Å². The van der Waals surface area contributed by atoms with Gasteiger partial charge in [-0.25, -0.2) is 8.42 Å². The van der Waals surface area contributed by atoms with Gasteiger partial charge in [-0.05, 0) is 82.1 Å². The zero-order valence-corrected chi connectivity index (χ0v) is 24.8. The molecule has 11 heteroatoms. The van der Waals surface area contributed by atoms with Crippen LogP contribution < -0.4 is 9.62 Å². The maximum atomic E-state index is 13.7. The van der Waals surface area contributed by atoms with E-state index in [1.165, 1.54) is 24.3 Å². The quantitative estimate of drug-likeness (QED) is 0.365. The fourth-order valence-corrected chi connectivity index (χ4v) is 6.13. The minimum atomic E-state index is -4.31. The third kappa shape index (κ3) is 7.81. The SMILES string of the molecule is CN(C)CCCN1CCN(C(=O)CNC(=O)c2ccc(S(=O)(=O)N(C(=O)c3ccccc3)c3ccccc3)cc2)CC1. The van der Waals surface area contributed by atoms with E-state index >= 15 is 0 Å². The van der Waals surface area contributed by atoms with Gasteiger partial charge in [-0.15, -0.1) is 0 Å². The number of piperazine rings is 1. The molecule has 0 unspecified atom stereocenters. The zero-order chi connectivity index (χ0) is 30.1. The van der Waals surface area contributed by atoms with Gasteiger partial charge in [0.15, 0.2) is 0 Å². The molecule has 0 atom stereocenters. The van der Waals surface area contributed by atoms with Crippen molar-refractivity contribution in [1.82, 2.24) is 20.0 Å². The van der Waals surface area contributed by atoms with Gasteiger partial charge in [-0.1, -0.05) is 36.4 Å². The molecule has 1 saturated heterocycles. The smallest absolute Gasteiger partial charge is 0.272 e. The third-order valence-electron chi connectivity index (χ3n) is 7.06. The first-order chi connectivity index (χ1) is 20.2. The van der Waals surface area contributed by atoms with Crippen molar-refractivity contribution in [3.63, 3.8) is 0 Å². The van der Waals surface area contributed by atoms with Crippen molar-refractivity contribution < 1.29 is 22.8 Å². The molecule has 1 heterocycles. The van der Waals surface area contributed by atoms with E-state index in [0.29, 0.717) is 13.1 Å². The molecule has 0 spiro atoms. The van der Waals surface area contributed by atoms with Crippen molar-refractivity contribution in [3.8, 4) is 0 Å². The van der Waals surface area contributed by atoms with Crippen LogP contribution in [0.4, 0.5) is 5.69 Å². The summed E-state index contributed by atoms with van der Waals surface area (Å²) < 4.78 is 28.1. The number of rotatable bonds is 11. The first-order valence-corrected chi connectivity index (χ1v) is 15.3. The second kappa shape index (κ2) is 14.2. The number of amides is 3. The lowest BCUT2D eigenvalue weighted by Gasteiger charge is -2.35. The van der Waals surface area contributed by atoms with E-state index in [0.717, 1.165) is 36.9 Å². The van der Waals surface area contributed by atoms with E-state index in [9.17, 15) is 22.8 Å². The number of carbonyl (C=O) groups is 3. The molecule has 1 fully saturated rings. The van der Waals surface area contributed by atoms with Gasteiger partial charge in [0.1, 0.15) is 0 Å². The largest absolute Gasteiger partial charge is 0.343 e. The van der Waals surface area contributed by atoms with E-state index in [-0.39, 0.29) is 34.2 Å². The molecule has 222 valence electrons. The third-order valence-corrected chi connectivity index (χ3v) is 8.78. The highest BCUT2D eigenvalue weighted by molar-refractivity contribution is 7.93. The first kappa shape index (κ1) is 30.9. The van der Waals surface area contributed by atoms with Crippen LogP contribution in [0.2, 0.25) is 0 Å². The number of carbonyl (C=O) groups excluding carboxylic acids is 3. The highest BCUT2D eigenvalue weighted by Crippen LogP contribution is 2.26. The van der Waals surface area contributed by atoms with E-state index in [2.05, 4.69) is 29.2 Å². The summed E-state index contributed by atoms with van der Waals surface area (Å²) in [5.74, 6) is -1.35. The number of nitrogens with one attached hydrogen (secondary N) is 1. The summed E-state index contributed by atoms with van der Waals surface area (Å²) in [5.41, 5.74) is 0.616. The molecule has 0 saturated carbocycles. The van der Waals surface area contributed by atoms with Crippen LogP contribution in [0.5, 0.6) is 0 Å². The van der Waals surface area contributed by atoms with Gasteiger partial charge in [-0.2, -0.15) is 4.31 Å². The second-order valence-corrected chi connectivity index (χ2v) is 12.1. The van der Waals surface area contributed by atoms with Crippen LogP contribution in [0, 0.1) is 0 Å². The molecule has 3 amide bonds. The highest BCUT2D eigenvalue weighted by Gasteiger charge is 2.32. The van der Waals surface area contributed by atoms with Crippen molar-refractivity contribution in [2.75, 3.05) is 64.2 Å². The first-order valence-electron chi connectivity index (χ1n) is 13.9. The van der Waals surface area contributed by atoms with Crippen molar-refractivity contribution >= 4 is 33.4 Å². The maximum Gasteiger partial charge on any atom is 0.272 e. The predicted octanol–water partition coefficient (Wildman–Crippen LogP) is 2.55. The molecule has 3 aromatic rings. The zero-order valence-electron chi connectivity index (χ0n) is 24.0. The van der Waals surface area contributed by atoms with E-state index in [4.69, 9.17) is 0 Å². The molecular weight excluding hydrogens is 554 g/mol. The minimum absolute atomic E-state index is 0.146. The minimum Gasteiger partial charge on any atom is -0.343 e. The number of anilines is 1. The summed E-state index contributed by atoms with van der Waals surface area (Å²) in [6.07, 6.45) is 1.07. The van der Waals surface area contributed by atoms with Crippen LogP contribution in [0.15, 0.2) is 89.8 Å². The Hall–Kier alpha value is -4.06. The van der Waals surface area contributed by atoms with Gasteiger partial charge in [0.2, 0.25) is 5.91 Å². The molecule has 3 aromatic carbocycles. The van der Waals surface area contributed by atoms with Crippen molar-refractivity contribution in [2.24, 2.45) is 0 Å². The van der Waals surface area contributed by atoms with Crippen molar-refractivity contribution in [2.45, 2.75) is 11.3 Å². The Labute approximate surface area is 247 Å². The summed E-state index contributed by atoms with van der Waals surface area (Å²) in [7, 11) is -0.211. The molecule has 0 aromatic heterocycles. The predicted molar refractivity (Wildman–Crippen MR) is 162 cm³/mol. The maximum absolute atomic E-state index is 13.7. The van der Waals surface area contributed by atoms with Gasteiger partial charge >= 0.3 is 0 Å². The Morgan fingerprint density at radius 2 is 1.38 bits per heavy atom. The molecule has 42 heavy (non-hydrogen) atoms. The van der Waals surface area contributed by atoms with Crippen LogP contribution in [0.25, 0.3) is 0 Å². The summed E-state index contributed by atoms with van der Waals surface area (Å²) in [5, 5.41) is 2.64. The summed E-state index contributed by atoms with van der Waals surface area (Å²) in [4.78, 5) is 44.9. The number of sulfonamides is 1. The fourth-order valence-electron chi connectivity index (χ4n) is 4.71. The molecule has 1 aliphatic rings. The molecule has 1 aliphatic heterocycles. The van der Waals surface area contributed by atoms with Crippen LogP contribution in [-0.2, 0) is 14.8 Å². The monoisotopic (exact) mass is 591 g/mol. The van der Waals surface area contributed by atoms with Crippen molar-refractivity contribution in [1.29, 1.82) is 0 Å². The number of para-hydroxylation sites is 1. The van der Waals surface area contributed by atoms with Crippen LogP contribution in [-0.4, -0.2) is 101 Å². The molecule has 1 N–H and O–H groups in total. The Morgan fingerprint density at radius 1 is 0.786 bits per heavy atom. The Bertz CT molecular complexity index is 1460. The molecular formula is C31H37N5O5S. The molecule has 0 radical (unpaired) electrons. The number of nitrogens with zero attached hydrogens (tertiary/aromatic N) is 4. The van der Waals surface area contributed by atoms with Crippen LogP contribution in [0.3, 0.4) is 0 Å². The molecule has 4 rings (SSSR count). The van der Waals surface area contributed by atoms with Crippen molar-refractivity contribution in [3.05, 3.63) is 96.1 Å². The summed E-state index contributed by atoms with van der Waals surface area (Å²) in [6.45, 7) is 4.70. The lowest BCUT2D eigenvalue weighted by atomic mass is 10.2. The topological polar surface area (TPSA) is 110 Å². The number of benzene rings is 3. The van der Waals surface area contributed by atoms with E-state index < -0.39 is 21.8 Å². The average Bonchev–Trinajstić information content (AvgIpc) is 3.01. The second-order valence-electron chi connectivity index (χ2n) is 10.4. The van der Waals surface area contributed by atoms with Gasteiger partial charge in [0, 0.05) is 37.3 Å². The van der Waals surface area contributed by atoms with Crippen LogP contribution in [0.1, 0.15) is 27.1 Å². The normalized spacial score (nSPS) is 14.0. The Balaban J connectivity index is 1.37. The standard InChI is InChI=1S/C31H37N5O5S/c1-33(2)18-9-19-34-20-22-35(23-21-34)29(37)24-32-30(38)25-14-16-28(17-15-25)42(40,41)36(27-12-7-4-8-13-27)31(39)26-10-5-3-6-11-26/h3-8,10-17H,9,18-24H2,1-2H3,(H,32,38). The van der Waals surface area contributed by atoms with Crippen LogP contribution >= 0.6 is 0 Å². The van der Waals surface area contributed by atoms with E-state index in [1.807, 2.05) is 0 Å². The number of hydrogen-bond donors (Lipinski definition) is 1.